The zero-order valence-corrected chi connectivity index (χ0v) is 12.7. The summed E-state index contributed by atoms with van der Waals surface area (Å²) in [5, 5.41) is 0.512. The van der Waals surface area contributed by atoms with Crippen LogP contribution in [0.15, 0.2) is 11.1 Å². The fourth-order valence-corrected chi connectivity index (χ4v) is 3.74. The number of hydrogen-bond donors (Lipinski definition) is 0. The molecule has 0 amide bonds. The van der Waals surface area contributed by atoms with E-state index in [0.29, 0.717) is 30.9 Å². The van der Waals surface area contributed by atoms with Crippen LogP contribution >= 0.6 is 7.60 Å². The molecule has 0 spiro atoms. The van der Waals surface area contributed by atoms with Gasteiger partial charge in [0.05, 0.1) is 26.4 Å². The number of ether oxygens (including phenoxy) is 2. The predicted octanol–water partition coefficient (Wildman–Crippen LogP) is 3.31. The van der Waals surface area contributed by atoms with Crippen molar-refractivity contribution in [3.05, 3.63) is 11.1 Å². The van der Waals surface area contributed by atoms with Gasteiger partial charge in [-0.05, 0) is 34.6 Å². The molecule has 0 aromatic carbocycles. The molecule has 5 nitrogen and oxygen atoms in total. The van der Waals surface area contributed by atoms with E-state index < -0.39 is 13.2 Å². The van der Waals surface area contributed by atoms with Crippen LogP contribution in [0.2, 0.25) is 0 Å². The summed E-state index contributed by atoms with van der Waals surface area (Å²) < 4.78 is 34.6. The topological polar surface area (TPSA) is 54.0 Å². The van der Waals surface area contributed by atoms with Crippen molar-refractivity contribution in [3.8, 4) is 0 Å². The Morgan fingerprint density at radius 3 is 2.17 bits per heavy atom. The molecule has 6 heteroatoms. The normalized spacial score (nSPS) is 19.4. The summed E-state index contributed by atoms with van der Waals surface area (Å²) in [6.07, 6.45) is 0. The maximum atomic E-state index is 12.7. The lowest BCUT2D eigenvalue weighted by molar-refractivity contribution is 0.00900. The molecule has 0 aromatic rings. The summed E-state index contributed by atoms with van der Waals surface area (Å²) in [6.45, 7) is 10.6. The Hall–Kier alpha value is -0.350. The molecule has 1 rings (SSSR count). The van der Waals surface area contributed by atoms with Gasteiger partial charge in [-0.2, -0.15) is 0 Å². The third-order valence-corrected chi connectivity index (χ3v) is 4.79. The minimum atomic E-state index is -3.30. The molecular weight excluding hydrogens is 255 g/mol. The van der Waals surface area contributed by atoms with Crippen molar-refractivity contribution in [2.75, 3.05) is 26.4 Å². The summed E-state index contributed by atoms with van der Waals surface area (Å²) in [6, 6.07) is 0. The van der Waals surface area contributed by atoms with Gasteiger partial charge in [-0.1, -0.05) is 0 Å². The molecule has 1 aliphatic rings. The second kappa shape index (κ2) is 6.20. The summed E-state index contributed by atoms with van der Waals surface area (Å²) in [4.78, 5) is 0. The first-order chi connectivity index (χ1) is 8.41. The molecular formula is C12H23O5P. The lowest BCUT2D eigenvalue weighted by Crippen LogP contribution is -2.23. The van der Waals surface area contributed by atoms with E-state index in [1.54, 1.807) is 13.8 Å². The fourth-order valence-electron chi connectivity index (χ4n) is 1.87. The number of rotatable bonds is 7. The molecule has 0 fully saturated rings. The summed E-state index contributed by atoms with van der Waals surface area (Å²) >= 11 is 0. The van der Waals surface area contributed by atoms with Crippen LogP contribution in [-0.2, 0) is 23.1 Å². The molecule has 0 atom stereocenters. The Balaban J connectivity index is 3.16. The monoisotopic (exact) mass is 278 g/mol. The average molecular weight is 278 g/mol. The predicted molar refractivity (Wildman–Crippen MR) is 69.5 cm³/mol. The Bertz CT molecular complexity index is 351. The van der Waals surface area contributed by atoms with Crippen molar-refractivity contribution >= 4 is 7.60 Å². The van der Waals surface area contributed by atoms with Crippen molar-refractivity contribution in [1.29, 1.82) is 0 Å². The second-order valence-corrected chi connectivity index (χ2v) is 6.39. The van der Waals surface area contributed by atoms with E-state index in [1.165, 1.54) is 0 Å². The van der Waals surface area contributed by atoms with E-state index in [0.717, 1.165) is 0 Å². The van der Waals surface area contributed by atoms with Crippen LogP contribution in [-0.4, -0.2) is 32.0 Å². The third-order valence-electron chi connectivity index (χ3n) is 2.60. The van der Waals surface area contributed by atoms with Gasteiger partial charge in [-0.15, -0.1) is 0 Å². The lowest BCUT2D eigenvalue weighted by Gasteiger charge is -2.23. The van der Waals surface area contributed by atoms with Crippen LogP contribution in [0.4, 0.5) is 0 Å². The standard InChI is InChI=1S/C12H23O5P/c1-6-14-11-10(9-15-12(11,4)5)18(13,16-7-2)17-8-3/h6-9H2,1-5H3. The molecule has 1 heterocycles. The minimum absolute atomic E-state index is 0.222. The van der Waals surface area contributed by atoms with Crippen molar-refractivity contribution in [2.45, 2.75) is 40.2 Å². The van der Waals surface area contributed by atoms with E-state index in [-0.39, 0.29) is 6.61 Å². The van der Waals surface area contributed by atoms with E-state index >= 15 is 0 Å². The lowest BCUT2D eigenvalue weighted by atomic mass is 10.1. The fraction of sp³-hybridized carbons (Fsp3) is 0.833. The zero-order chi connectivity index (χ0) is 13.8. The molecule has 0 bridgehead atoms. The van der Waals surface area contributed by atoms with E-state index in [9.17, 15) is 4.57 Å². The van der Waals surface area contributed by atoms with Crippen LogP contribution < -0.4 is 0 Å². The molecule has 0 saturated carbocycles. The van der Waals surface area contributed by atoms with Gasteiger partial charge in [-0.25, -0.2) is 0 Å². The Kier molecular flexibility index (Phi) is 5.41. The summed E-state index contributed by atoms with van der Waals surface area (Å²) in [5.74, 6) is 0.579. The van der Waals surface area contributed by atoms with Crippen LogP contribution in [0, 0.1) is 0 Å². The first-order valence-electron chi connectivity index (χ1n) is 6.31. The van der Waals surface area contributed by atoms with Gasteiger partial charge in [0, 0.05) is 0 Å². The second-order valence-electron chi connectivity index (χ2n) is 4.34. The van der Waals surface area contributed by atoms with Gasteiger partial charge in [0.2, 0.25) is 0 Å². The average Bonchev–Trinajstić information content (AvgIpc) is 2.57. The molecule has 0 aromatic heterocycles. The van der Waals surface area contributed by atoms with E-state index in [1.807, 2.05) is 20.8 Å². The Morgan fingerprint density at radius 1 is 1.17 bits per heavy atom. The minimum Gasteiger partial charge on any atom is -0.494 e. The highest BCUT2D eigenvalue weighted by Gasteiger charge is 2.45. The third kappa shape index (κ3) is 3.15. The highest BCUT2D eigenvalue weighted by atomic mass is 31.2. The van der Waals surface area contributed by atoms with Crippen LogP contribution in [0.25, 0.3) is 0 Å². The maximum absolute atomic E-state index is 12.7. The van der Waals surface area contributed by atoms with Crippen molar-refractivity contribution in [1.82, 2.24) is 0 Å². The van der Waals surface area contributed by atoms with Gasteiger partial charge in [0.25, 0.3) is 0 Å². The smallest absolute Gasteiger partial charge is 0.363 e. The number of hydrogen-bond acceptors (Lipinski definition) is 5. The highest BCUT2D eigenvalue weighted by Crippen LogP contribution is 2.60. The molecule has 18 heavy (non-hydrogen) atoms. The quantitative estimate of drug-likeness (QED) is 0.669. The summed E-state index contributed by atoms with van der Waals surface area (Å²) in [7, 11) is -3.30. The van der Waals surface area contributed by atoms with Gasteiger partial charge < -0.3 is 18.5 Å². The Morgan fingerprint density at radius 2 is 1.72 bits per heavy atom. The first kappa shape index (κ1) is 15.7. The van der Waals surface area contributed by atoms with Crippen molar-refractivity contribution in [3.63, 3.8) is 0 Å². The largest absolute Gasteiger partial charge is 0.494 e. The molecule has 0 radical (unpaired) electrons. The zero-order valence-electron chi connectivity index (χ0n) is 11.8. The van der Waals surface area contributed by atoms with E-state index in [2.05, 4.69) is 0 Å². The maximum Gasteiger partial charge on any atom is 0.363 e. The van der Waals surface area contributed by atoms with Crippen molar-refractivity contribution in [2.24, 2.45) is 0 Å². The van der Waals surface area contributed by atoms with Gasteiger partial charge >= 0.3 is 7.60 Å². The SMILES string of the molecule is CCOC1=C(P(=O)(OCC)OCC)COC1(C)C. The highest BCUT2D eigenvalue weighted by molar-refractivity contribution is 7.58. The van der Waals surface area contributed by atoms with Gasteiger partial charge in [0.15, 0.2) is 0 Å². The van der Waals surface area contributed by atoms with Gasteiger partial charge in [-0.3, -0.25) is 4.57 Å². The molecule has 0 unspecified atom stereocenters. The van der Waals surface area contributed by atoms with Crippen molar-refractivity contribution < 1.29 is 23.1 Å². The van der Waals surface area contributed by atoms with E-state index in [4.69, 9.17) is 18.5 Å². The van der Waals surface area contributed by atoms with Crippen LogP contribution in [0.1, 0.15) is 34.6 Å². The first-order valence-corrected chi connectivity index (χ1v) is 7.85. The summed E-state index contributed by atoms with van der Waals surface area (Å²) in [5.41, 5.74) is -0.588. The van der Waals surface area contributed by atoms with Crippen LogP contribution in [0.5, 0.6) is 0 Å². The molecule has 0 aliphatic carbocycles. The van der Waals surface area contributed by atoms with Gasteiger partial charge in [0.1, 0.15) is 16.7 Å². The molecule has 1 aliphatic heterocycles. The molecule has 0 N–H and O–H groups in total. The Labute approximate surface area is 109 Å². The molecule has 106 valence electrons. The molecule has 0 saturated heterocycles. The van der Waals surface area contributed by atoms with Crippen LogP contribution in [0.3, 0.4) is 0 Å².